The van der Waals surface area contributed by atoms with Crippen molar-refractivity contribution in [1.29, 1.82) is 0 Å². The smallest absolute Gasteiger partial charge is 0.243 e. The fraction of sp³-hybridized carbons (Fsp3) is 0.409. The predicted molar refractivity (Wildman–Crippen MR) is 120 cm³/mol. The van der Waals surface area contributed by atoms with E-state index in [0.29, 0.717) is 23.7 Å². The zero-order valence-corrected chi connectivity index (χ0v) is 19.1. The van der Waals surface area contributed by atoms with Gasteiger partial charge in [0.25, 0.3) is 0 Å². The minimum atomic E-state index is -3.56. The summed E-state index contributed by atoms with van der Waals surface area (Å²) < 4.78 is 26.8. The molecule has 1 amide bonds. The Kier molecular flexibility index (Phi) is 7.74. The number of amides is 1. The fourth-order valence-electron chi connectivity index (χ4n) is 3.37. The van der Waals surface area contributed by atoms with Crippen LogP contribution in [-0.2, 0) is 19.6 Å². The maximum atomic E-state index is 12.7. The molecule has 1 aromatic heterocycles. The molecule has 3 rings (SSSR count). The molecule has 1 saturated heterocycles. The summed E-state index contributed by atoms with van der Waals surface area (Å²) in [5, 5.41) is 2.65. The lowest BCUT2D eigenvalue weighted by molar-refractivity contribution is -0.122. The number of thiophene rings is 1. The molecule has 166 valence electrons. The van der Waals surface area contributed by atoms with Crippen LogP contribution in [0.4, 0.5) is 5.69 Å². The lowest BCUT2D eigenvalue weighted by Gasteiger charge is -2.16. The van der Waals surface area contributed by atoms with Crippen molar-refractivity contribution >= 4 is 44.5 Å². The van der Waals surface area contributed by atoms with Crippen LogP contribution < -0.4 is 5.32 Å². The molecule has 7 nitrogen and oxygen atoms in total. The topological polar surface area (TPSA) is 101 Å². The zero-order chi connectivity index (χ0) is 22.4. The number of anilines is 1. The highest BCUT2D eigenvalue weighted by atomic mass is 32.2. The van der Waals surface area contributed by atoms with Crippen LogP contribution in [-0.4, -0.2) is 43.3 Å². The number of rotatable bonds is 10. The van der Waals surface area contributed by atoms with E-state index in [1.807, 2.05) is 13.0 Å². The van der Waals surface area contributed by atoms with Gasteiger partial charge >= 0.3 is 0 Å². The van der Waals surface area contributed by atoms with Gasteiger partial charge in [0.15, 0.2) is 5.78 Å². The van der Waals surface area contributed by atoms with Crippen LogP contribution in [0, 0.1) is 6.92 Å². The van der Waals surface area contributed by atoms with Gasteiger partial charge in [-0.1, -0.05) is 6.07 Å². The average Bonchev–Trinajstić information content (AvgIpc) is 3.43. The number of hydrogen-bond acceptors (Lipinski definition) is 6. The van der Waals surface area contributed by atoms with Gasteiger partial charge in [0, 0.05) is 49.3 Å². The molecule has 1 N–H and O–H groups in total. The van der Waals surface area contributed by atoms with E-state index in [9.17, 15) is 22.8 Å². The van der Waals surface area contributed by atoms with Gasteiger partial charge in [-0.3, -0.25) is 14.4 Å². The first-order valence-electron chi connectivity index (χ1n) is 10.3. The van der Waals surface area contributed by atoms with Gasteiger partial charge < -0.3 is 5.32 Å². The molecule has 2 aromatic rings. The van der Waals surface area contributed by atoms with Gasteiger partial charge in [-0.05, 0) is 50.1 Å². The SMILES string of the molecule is Cc1ccc(C(=O)CCC(=O)CCC(=O)Nc2cccc(S(=O)(=O)N3CCCC3)c2)s1. The van der Waals surface area contributed by atoms with E-state index in [1.54, 1.807) is 18.2 Å². The van der Waals surface area contributed by atoms with Crippen LogP contribution in [0.1, 0.15) is 53.1 Å². The molecule has 9 heteroatoms. The number of nitrogens with one attached hydrogen (secondary N) is 1. The Morgan fingerprint density at radius 1 is 1.00 bits per heavy atom. The number of sulfonamides is 1. The summed E-state index contributed by atoms with van der Waals surface area (Å²) >= 11 is 1.41. The highest BCUT2D eigenvalue weighted by Crippen LogP contribution is 2.23. The number of Topliss-reactive ketones (excluding diaryl/α,β-unsaturated/α-hetero) is 2. The molecule has 0 atom stereocenters. The van der Waals surface area contributed by atoms with E-state index >= 15 is 0 Å². The van der Waals surface area contributed by atoms with Crippen molar-refractivity contribution in [2.75, 3.05) is 18.4 Å². The molecule has 0 unspecified atom stereocenters. The minimum Gasteiger partial charge on any atom is -0.326 e. The van der Waals surface area contributed by atoms with Crippen LogP contribution in [0.2, 0.25) is 0 Å². The molecular formula is C22H26N2O5S2. The molecule has 0 bridgehead atoms. The van der Waals surface area contributed by atoms with E-state index in [-0.39, 0.29) is 48.1 Å². The van der Waals surface area contributed by atoms with Gasteiger partial charge in [-0.15, -0.1) is 11.3 Å². The Balaban J connectivity index is 1.47. The third-order valence-corrected chi connectivity index (χ3v) is 8.03. The third-order valence-electron chi connectivity index (χ3n) is 5.10. The minimum absolute atomic E-state index is 0.0196. The average molecular weight is 463 g/mol. The summed E-state index contributed by atoms with van der Waals surface area (Å²) in [7, 11) is -3.56. The highest BCUT2D eigenvalue weighted by molar-refractivity contribution is 7.89. The molecule has 1 fully saturated rings. The monoisotopic (exact) mass is 462 g/mol. The summed E-state index contributed by atoms with van der Waals surface area (Å²) in [6.45, 7) is 2.94. The number of aryl methyl sites for hydroxylation is 1. The van der Waals surface area contributed by atoms with Gasteiger partial charge in [-0.25, -0.2) is 8.42 Å². The van der Waals surface area contributed by atoms with Crippen LogP contribution in [0.5, 0.6) is 0 Å². The molecule has 2 heterocycles. The molecule has 31 heavy (non-hydrogen) atoms. The van der Waals surface area contributed by atoms with Crippen molar-refractivity contribution in [3.8, 4) is 0 Å². The molecule has 0 aliphatic carbocycles. The van der Waals surface area contributed by atoms with Crippen molar-refractivity contribution < 1.29 is 22.8 Å². The number of hydrogen-bond donors (Lipinski definition) is 1. The van der Waals surface area contributed by atoms with E-state index < -0.39 is 10.0 Å². The molecule has 1 aliphatic heterocycles. The molecule has 0 spiro atoms. The first-order chi connectivity index (χ1) is 14.8. The third kappa shape index (κ3) is 6.32. The van der Waals surface area contributed by atoms with Crippen molar-refractivity contribution in [3.05, 3.63) is 46.2 Å². The van der Waals surface area contributed by atoms with Gasteiger partial charge in [0.2, 0.25) is 15.9 Å². The van der Waals surface area contributed by atoms with Gasteiger partial charge in [0.1, 0.15) is 5.78 Å². The highest BCUT2D eigenvalue weighted by Gasteiger charge is 2.27. The van der Waals surface area contributed by atoms with Crippen LogP contribution in [0.15, 0.2) is 41.3 Å². The molecule has 1 aliphatic rings. The maximum absolute atomic E-state index is 12.7. The number of benzene rings is 1. The number of carbonyl (C=O) groups excluding carboxylic acids is 3. The lowest BCUT2D eigenvalue weighted by Crippen LogP contribution is -2.27. The van der Waals surface area contributed by atoms with Gasteiger partial charge in [0.05, 0.1) is 9.77 Å². The quantitative estimate of drug-likeness (QED) is 0.542. The second-order valence-electron chi connectivity index (χ2n) is 7.56. The number of carbonyl (C=O) groups is 3. The van der Waals surface area contributed by atoms with Crippen LogP contribution in [0.3, 0.4) is 0 Å². The Bertz CT molecular complexity index is 1070. The molecule has 0 radical (unpaired) electrons. The summed E-state index contributed by atoms with van der Waals surface area (Å²) in [6.07, 6.45) is 1.95. The summed E-state index contributed by atoms with van der Waals surface area (Å²) in [5.41, 5.74) is 0.376. The Morgan fingerprint density at radius 3 is 2.39 bits per heavy atom. The normalized spacial score (nSPS) is 14.5. The second-order valence-corrected chi connectivity index (χ2v) is 10.8. The molecular weight excluding hydrogens is 436 g/mol. The first kappa shape index (κ1) is 23.3. The largest absolute Gasteiger partial charge is 0.326 e. The lowest BCUT2D eigenvalue weighted by atomic mass is 10.1. The Hall–Kier alpha value is -2.36. The summed E-state index contributed by atoms with van der Waals surface area (Å²) in [4.78, 5) is 38.2. The van der Waals surface area contributed by atoms with Crippen LogP contribution >= 0.6 is 11.3 Å². The van der Waals surface area contributed by atoms with E-state index in [2.05, 4.69) is 5.32 Å². The van der Waals surface area contributed by atoms with E-state index in [4.69, 9.17) is 0 Å². The number of ketones is 2. The molecule has 1 aromatic carbocycles. The predicted octanol–water partition coefficient (Wildman–Crippen LogP) is 3.79. The maximum Gasteiger partial charge on any atom is 0.243 e. The fourth-order valence-corrected chi connectivity index (χ4v) is 5.77. The summed E-state index contributed by atoms with van der Waals surface area (Å²) in [5.74, 6) is -0.585. The Labute approximate surface area is 186 Å². The molecule has 0 saturated carbocycles. The standard InChI is InChI=1S/C22H26N2O5S2/c1-16-7-11-21(30-16)20(26)10-8-18(25)9-12-22(27)23-17-5-4-6-19(15-17)31(28,29)24-13-2-3-14-24/h4-7,11,15H,2-3,8-10,12-14H2,1H3,(H,23,27). The summed E-state index contributed by atoms with van der Waals surface area (Å²) in [6, 6.07) is 9.79. The zero-order valence-electron chi connectivity index (χ0n) is 17.4. The van der Waals surface area contributed by atoms with Crippen molar-refractivity contribution in [2.45, 2.75) is 50.3 Å². The van der Waals surface area contributed by atoms with Crippen molar-refractivity contribution in [2.24, 2.45) is 0 Å². The van der Waals surface area contributed by atoms with Crippen LogP contribution in [0.25, 0.3) is 0 Å². The van der Waals surface area contributed by atoms with Crippen molar-refractivity contribution in [1.82, 2.24) is 4.31 Å². The Morgan fingerprint density at radius 2 is 1.71 bits per heavy atom. The first-order valence-corrected chi connectivity index (χ1v) is 12.5. The van der Waals surface area contributed by atoms with Crippen molar-refractivity contribution in [3.63, 3.8) is 0 Å². The van der Waals surface area contributed by atoms with E-state index in [0.717, 1.165) is 17.7 Å². The van der Waals surface area contributed by atoms with E-state index in [1.165, 1.54) is 27.8 Å². The number of nitrogens with zero attached hydrogens (tertiary/aromatic N) is 1. The van der Waals surface area contributed by atoms with Gasteiger partial charge in [-0.2, -0.15) is 4.31 Å². The second kappa shape index (κ2) is 10.3.